The third kappa shape index (κ3) is 3.68. The highest BCUT2D eigenvalue weighted by atomic mass is 16.5. The van der Waals surface area contributed by atoms with Crippen molar-refractivity contribution in [1.82, 2.24) is 5.32 Å². The van der Waals surface area contributed by atoms with Crippen LogP contribution in [-0.2, 0) is 11.3 Å². The molecule has 5 nitrogen and oxygen atoms in total. The monoisotopic (exact) mass is 263 g/mol. The number of oxime groups is 1. The number of hydrogen-bond donors (Lipinski definition) is 3. The number of nitrogens with zero attached hydrogens (tertiary/aromatic N) is 1. The number of ether oxygens (including phenoxy) is 1. The molecule has 2 unspecified atom stereocenters. The van der Waals surface area contributed by atoms with Crippen LogP contribution in [0.25, 0.3) is 0 Å². The average molecular weight is 263 g/mol. The van der Waals surface area contributed by atoms with Gasteiger partial charge in [-0.15, -0.1) is 0 Å². The Bertz CT molecular complexity index is 448. The zero-order valence-electron chi connectivity index (χ0n) is 11.2. The summed E-state index contributed by atoms with van der Waals surface area (Å²) in [5, 5.41) is 15.2. The molecule has 0 spiro atoms. The van der Waals surface area contributed by atoms with Crippen LogP contribution in [0.2, 0.25) is 0 Å². The molecule has 2 atom stereocenters. The highest BCUT2D eigenvalue weighted by molar-refractivity contribution is 5.97. The normalized spacial score (nSPS) is 23.7. The number of hydrogen-bond acceptors (Lipinski definition) is 4. The van der Waals surface area contributed by atoms with Gasteiger partial charge in [-0.25, -0.2) is 0 Å². The summed E-state index contributed by atoms with van der Waals surface area (Å²) in [4.78, 5) is 0. The summed E-state index contributed by atoms with van der Waals surface area (Å²) < 4.78 is 5.36. The second kappa shape index (κ2) is 6.54. The van der Waals surface area contributed by atoms with Gasteiger partial charge in [-0.2, -0.15) is 0 Å². The smallest absolute Gasteiger partial charge is 0.170 e. The zero-order valence-corrected chi connectivity index (χ0v) is 11.2. The molecule has 1 aliphatic rings. The predicted octanol–water partition coefficient (Wildman–Crippen LogP) is 1.44. The van der Waals surface area contributed by atoms with Crippen molar-refractivity contribution in [2.45, 2.75) is 38.0 Å². The molecule has 5 heteroatoms. The summed E-state index contributed by atoms with van der Waals surface area (Å²) in [5.74, 6) is 0.141. The maximum absolute atomic E-state index is 8.67. The minimum Gasteiger partial charge on any atom is -0.409 e. The molecule has 1 fully saturated rings. The number of nitrogens with two attached hydrogens (primary N) is 1. The molecule has 1 saturated carbocycles. The van der Waals surface area contributed by atoms with Crippen molar-refractivity contribution < 1.29 is 9.94 Å². The van der Waals surface area contributed by atoms with Crippen LogP contribution in [-0.4, -0.2) is 30.3 Å². The first-order valence-electron chi connectivity index (χ1n) is 6.56. The van der Waals surface area contributed by atoms with Gasteiger partial charge in [0, 0.05) is 25.3 Å². The van der Waals surface area contributed by atoms with Gasteiger partial charge in [-0.05, 0) is 30.9 Å². The van der Waals surface area contributed by atoms with Crippen LogP contribution < -0.4 is 11.1 Å². The largest absolute Gasteiger partial charge is 0.409 e. The van der Waals surface area contributed by atoms with Crippen molar-refractivity contribution in [3.8, 4) is 0 Å². The van der Waals surface area contributed by atoms with Crippen molar-refractivity contribution in [3.63, 3.8) is 0 Å². The van der Waals surface area contributed by atoms with E-state index in [9.17, 15) is 0 Å². The fourth-order valence-electron chi connectivity index (χ4n) is 2.50. The maximum Gasteiger partial charge on any atom is 0.170 e. The van der Waals surface area contributed by atoms with E-state index in [1.165, 1.54) is 0 Å². The Labute approximate surface area is 113 Å². The Hall–Kier alpha value is -1.59. The minimum absolute atomic E-state index is 0.141. The van der Waals surface area contributed by atoms with Crippen molar-refractivity contribution in [3.05, 3.63) is 35.4 Å². The molecule has 4 N–H and O–H groups in total. The Morgan fingerprint density at radius 2 is 2.37 bits per heavy atom. The number of benzene rings is 1. The maximum atomic E-state index is 8.67. The molecule has 1 aliphatic carbocycles. The highest BCUT2D eigenvalue weighted by Crippen LogP contribution is 2.21. The lowest BCUT2D eigenvalue weighted by Crippen LogP contribution is -2.26. The summed E-state index contributed by atoms with van der Waals surface area (Å²) in [5.41, 5.74) is 7.45. The molecule has 0 saturated heterocycles. The van der Waals surface area contributed by atoms with Crippen LogP contribution in [0, 0.1) is 0 Å². The molecule has 0 aliphatic heterocycles. The molecule has 0 bridgehead atoms. The summed E-state index contributed by atoms with van der Waals surface area (Å²) in [7, 11) is 1.77. The molecule has 0 heterocycles. The van der Waals surface area contributed by atoms with Gasteiger partial charge in [0.1, 0.15) is 0 Å². The van der Waals surface area contributed by atoms with Crippen LogP contribution in [0.4, 0.5) is 0 Å². The van der Waals surface area contributed by atoms with Crippen LogP contribution >= 0.6 is 0 Å². The van der Waals surface area contributed by atoms with Gasteiger partial charge >= 0.3 is 0 Å². The fraction of sp³-hybridized carbons (Fsp3) is 0.500. The Kier molecular flexibility index (Phi) is 4.76. The summed E-state index contributed by atoms with van der Waals surface area (Å²) >= 11 is 0. The van der Waals surface area contributed by atoms with Gasteiger partial charge in [0.05, 0.1) is 6.10 Å². The third-order valence-corrected chi connectivity index (χ3v) is 3.64. The molecule has 0 radical (unpaired) electrons. The Morgan fingerprint density at radius 1 is 1.53 bits per heavy atom. The molecule has 104 valence electrons. The van der Waals surface area contributed by atoms with E-state index in [4.69, 9.17) is 15.7 Å². The van der Waals surface area contributed by atoms with E-state index in [0.717, 1.165) is 36.9 Å². The third-order valence-electron chi connectivity index (χ3n) is 3.64. The summed E-state index contributed by atoms with van der Waals surface area (Å²) in [6, 6.07) is 8.22. The van der Waals surface area contributed by atoms with E-state index in [1.54, 1.807) is 7.11 Å². The molecular formula is C14H21N3O2. The number of amidine groups is 1. The second-order valence-corrected chi connectivity index (χ2v) is 4.93. The fourth-order valence-corrected chi connectivity index (χ4v) is 2.50. The van der Waals surface area contributed by atoms with E-state index in [-0.39, 0.29) is 5.84 Å². The van der Waals surface area contributed by atoms with E-state index in [1.807, 2.05) is 24.3 Å². The van der Waals surface area contributed by atoms with Crippen LogP contribution in [0.3, 0.4) is 0 Å². The zero-order chi connectivity index (χ0) is 13.7. The van der Waals surface area contributed by atoms with Crippen LogP contribution in [0.1, 0.15) is 30.4 Å². The van der Waals surface area contributed by atoms with E-state index in [0.29, 0.717) is 12.1 Å². The molecular weight excluding hydrogens is 242 g/mol. The molecule has 19 heavy (non-hydrogen) atoms. The number of rotatable bonds is 5. The first kappa shape index (κ1) is 13.8. The molecule has 2 rings (SSSR count). The SMILES string of the molecule is COC1CCC(NCc2cccc(/C(N)=N/O)c2)C1. The van der Waals surface area contributed by atoms with Gasteiger partial charge in [0.25, 0.3) is 0 Å². The van der Waals surface area contributed by atoms with E-state index in [2.05, 4.69) is 10.5 Å². The lowest BCUT2D eigenvalue weighted by Gasteiger charge is -2.13. The van der Waals surface area contributed by atoms with Crippen molar-refractivity contribution >= 4 is 5.84 Å². The Morgan fingerprint density at radius 3 is 3.05 bits per heavy atom. The van der Waals surface area contributed by atoms with Gasteiger partial charge < -0.3 is 21.0 Å². The lowest BCUT2D eigenvalue weighted by atomic mass is 10.1. The van der Waals surface area contributed by atoms with Gasteiger partial charge in [-0.1, -0.05) is 23.4 Å². The lowest BCUT2D eigenvalue weighted by molar-refractivity contribution is 0.107. The summed E-state index contributed by atoms with van der Waals surface area (Å²) in [6.07, 6.45) is 3.73. The summed E-state index contributed by atoms with van der Waals surface area (Å²) in [6.45, 7) is 0.785. The van der Waals surface area contributed by atoms with E-state index < -0.39 is 0 Å². The molecule has 1 aromatic rings. The second-order valence-electron chi connectivity index (χ2n) is 4.93. The molecule has 0 amide bonds. The quantitative estimate of drug-likeness (QED) is 0.325. The van der Waals surface area contributed by atoms with Crippen LogP contribution in [0.5, 0.6) is 0 Å². The van der Waals surface area contributed by atoms with E-state index >= 15 is 0 Å². The number of methoxy groups -OCH3 is 1. The molecule has 1 aromatic carbocycles. The van der Waals surface area contributed by atoms with Crippen LogP contribution in [0.15, 0.2) is 29.4 Å². The van der Waals surface area contributed by atoms with Crippen molar-refractivity contribution in [2.75, 3.05) is 7.11 Å². The first-order chi connectivity index (χ1) is 9.22. The average Bonchev–Trinajstić information content (AvgIpc) is 2.92. The van der Waals surface area contributed by atoms with Crippen molar-refractivity contribution in [1.29, 1.82) is 0 Å². The number of nitrogens with one attached hydrogen (secondary N) is 1. The van der Waals surface area contributed by atoms with Gasteiger partial charge in [-0.3, -0.25) is 0 Å². The highest BCUT2D eigenvalue weighted by Gasteiger charge is 2.23. The predicted molar refractivity (Wildman–Crippen MR) is 74.2 cm³/mol. The van der Waals surface area contributed by atoms with Gasteiger partial charge in [0.2, 0.25) is 0 Å². The molecule has 0 aromatic heterocycles. The van der Waals surface area contributed by atoms with Gasteiger partial charge in [0.15, 0.2) is 5.84 Å². The standard InChI is InChI=1S/C14H21N3O2/c1-19-13-6-5-12(8-13)16-9-10-3-2-4-11(7-10)14(15)17-18/h2-4,7,12-13,16,18H,5-6,8-9H2,1H3,(H2,15,17). The first-order valence-corrected chi connectivity index (χ1v) is 6.56. The Balaban J connectivity index is 1.90. The van der Waals surface area contributed by atoms with Crippen molar-refractivity contribution in [2.24, 2.45) is 10.9 Å². The minimum atomic E-state index is 0.141. The topological polar surface area (TPSA) is 79.9 Å².